The summed E-state index contributed by atoms with van der Waals surface area (Å²) in [4.78, 5) is 4.21. The van der Waals surface area contributed by atoms with Crippen molar-refractivity contribution in [2.24, 2.45) is 0 Å². The lowest BCUT2D eigenvalue weighted by Gasteiger charge is -2.12. The van der Waals surface area contributed by atoms with E-state index in [1.165, 1.54) is 11.8 Å². The lowest BCUT2D eigenvalue weighted by atomic mass is 10.4. The molecule has 0 radical (unpaired) electrons. The zero-order chi connectivity index (χ0) is 12.0. The van der Waals surface area contributed by atoms with E-state index in [1.54, 1.807) is 6.20 Å². The predicted octanol–water partition coefficient (Wildman–Crippen LogP) is 2.72. The maximum Gasteiger partial charge on any atom is 0.0961 e. The van der Waals surface area contributed by atoms with Gasteiger partial charge in [0.25, 0.3) is 0 Å². The van der Waals surface area contributed by atoms with Crippen molar-refractivity contribution in [1.29, 1.82) is 0 Å². The first kappa shape index (κ1) is 14.0. The fourth-order valence-corrected chi connectivity index (χ4v) is 1.97. The highest BCUT2D eigenvalue weighted by Gasteiger charge is 2.07. The number of ether oxygens (including phenoxy) is 1. The number of aliphatic hydroxyl groups is 1. The van der Waals surface area contributed by atoms with Crippen molar-refractivity contribution in [3.05, 3.63) is 22.8 Å². The molecule has 3 nitrogen and oxygen atoms in total. The average Bonchev–Trinajstić information content (AvgIpc) is 2.25. The monoisotopic (exact) mass is 305 g/mol. The van der Waals surface area contributed by atoms with Crippen LogP contribution < -0.4 is 0 Å². The normalized spacial score (nSPS) is 13.1. The number of hydrogen-bond donors (Lipinski definition) is 1. The first-order valence-electron chi connectivity index (χ1n) is 5.12. The van der Waals surface area contributed by atoms with Crippen molar-refractivity contribution in [1.82, 2.24) is 4.98 Å². The van der Waals surface area contributed by atoms with Crippen LogP contribution in [-0.4, -0.2) is 34.7 Å². The second-order valence-electron chi connectivity index (χ2n) is 3.66. The van der Waals surface area contributed by atoms with E-state index in [-0.39, 0.29) is 6.10 Å². The van der Waals surface area contributed by atoms with Gasteiger partial charge in [-0.15, -0.1) is 11.8 Å². The second kappa shape index (κ2) is 7.27. The molecule has 0 amide bonds. The van der Waals surface area contributed by atoms with Crippen LogP contribution in [0.3, 0.4) is 0 Å². The molecule has 0 saturated heterocycles. The Bertz CT molecular complexity index is 305. The summed E-state index contributed by atoms with van der Waals surface area (Å²) in [5.41, 5.74) is 0. The highest BCUT2D eigenvalue weighted by Crippen LogP contribution is 2.18. The summed E-state index contributed by atoms with van der Waals surface area (Å²) in [6.07, 6.45) is 1.46. The van der Waals surface area contributed by atoms with Gasteiger partial charge >= 0.3 is 0 Å². The smallest absolute Gasteiger partial charge is 0.0961 e. The molecule has 1 unspecified atom stereocenters. The van der Waals surface area contributed by atoms with Crippen molar-refractivity contribution >= 4 is 27.7 Å². The Morgan fingerprint density at radius 3 is 2.81 bits per heavy atom. The molecular formula is C11H16BrNO2S. The van der Waals surface area contributed by atoms with Crippen LogP contribution in [0.1, 0.15) is 13.8 Å². The number of hydrogen-bond acceptors (Lipinski definition) is 4. The number of thioether (sulfide) groups is 1. The van der Waals surface area contributed by atoms with Gasteiger partial charge in [0.1, 0.15) is 0 Å². The van der Waals surface area contributed by atoms with Crippen molar-refractivity contribution in [3.63, 3.8) is 0 Å². The summed E-state index contributed by atoms with van der Waals surface area (Å²) in [7, 11) is 0. The van der Waals surface area contributed by atoms with E-state index in [1.807, 2.05) is 26.0 Å². The Labute approximate surface area is 109 Å². The Morgan fingerprint density at radius 1 is 1.50 bits per heavy atom. The lowest BCUT2D eigenvalue weighted by Crippen LogP contribution is -2.20. The van der Waals surface area contributed by atoms with Crippen LogP contribution >= 0.6 is 27.7 Å². The summed E-state index contributed by atoms with van der Waals surface area (Å²) in [6.45, 7) is 4.29. The van der Waals surface area contributed by atoms with Crippen molar-refractivity contribution < 1.29 is 9.84 Å². The summed E-state index contributed by atoms with van der Waals surface area (Å²) < 4.78 is 6.28. The van der Waals surface area contributed by atoms with Gasteiger partial charge in [0.15, 0.2) is 0 Å². The van der Waals surface area contributed by atoms with Gasteiger partial charge in [0, 0.05) is 16.4 Å². The number of rotatable bonds is 6. The molecule has 0 aliphatic carbocycles. The minimum absolute atomic E-state index is 0.158. The summed E-state index contributed by atoms with van der Waals surface area (Å²) in [6, 6.07) is 3.86. The number of aromatic nitrogens is 1. The van der Waals surface area contributed by atoms with Crippen LogP contribution in [0.4, 0.5) is 0 Å². The molecule has 1 aromatic heterocycles. The van der Waals surface area contributed by atoms with E-state index in [2.05, 4.69) is 20.9 Å². The van der Waals surface area contributed by atoms with Crippen LogP contribution in [0.25, 0.3) is 0 Å². The summed E-state index contributed by atoms with van der Waals surface area (Å²) in [5, 5.41) is 10.5. The van der Waals surface area contributed by atoms with Crippen LogP contribution in [0, 0.1) is 0 Å². The number of aliphatic hydroxyl groups excluding tert-OH is 1. The van der Waals surface area contributed by atoms with Crippen LogP contribution in [0.5, 0.6) is 0 Å². The fraction of sp³-hybridized carbons (Fsp3) is 0.545. The topological polar surface area (TPSA) is 42.4 Å². The molecule has 1 N–H and O–H groups in total. The SMILES string of the molecule is CC(C)OCC(O)CSc1ccc(Br)cn1. The van der Waals surface area contributed by atoms with Gasteiger partial charge in [0.05, 0.1) is 23.8 Å². The van der Waals surface area contributed by atoms with Crippen LogP contribution in [0.15, 0.2) is 27.8 Å². The largest absolute Gasteiger partial charge is 0.390 e. The molecule has 1 heterocycles. The van der Waals surface area contributed by atoms with Gasteiger partial charge < -0.3 is 9.84 Å². The molecule has 0 fully saturated rings. The highest BCUT2D eigenvalue weighted by molar-refractivity contribution is 9.10. The van der Waals surface area contributed by atoms with E-state index in [0.717, 1.165) is 9.50 Å². The molecular weight excluding hydrogens is 290 g/mol. The number of halogens is 1. The van der Waals surface area contributed by atoms with Crippen molar-refractivity contribution in [3.8, 4) is 0 Å². The van der Waals surface area contributed by atoms with E-state index in [4.69, 9.17) is 4.74 Å². The summed E-state index contributed by atoms with van der Waals surface area (Å²) in [5.74, 6) is 0.599. The third-order valence-electron chi connectivity index (χ3n) is 1.75. The fourth-order valence-electron chi connectivity index (χ4n) is 0.981. The predicted molar refractivity (Wildman–Crippen MR) is 69.8 cm³/mol. The third kappa shape index (κ3) is 5.84. The molecule has 1 aromatic rings. The molecule has 1 atom stereocenters. The summed E-state index contributed by atoms with van der Waals surface area (Å²) >= 11 is 4.85. The molecule has 0 aliphatic rings. The van der Waals surface area contributed by atoms with Gasteiger partial charge in [-0.1, -0.05) is 0 Å². The molecule has 0 aromatic carbocycles. The number of pyridine rings is 1. The Kier molecular flexibility index (Phi) is 6.34. The van der Waals surface area contributed by atoms with E-state index < -0.39 is 6.10 Å². The maximum absolute atomic E-state index is 9.63. The third-order valence-corrected chi connectivity index (χ3v) is 3.30. The lowest BCUT2D eigenvalue weighted by molar-refractivity contribution is 0.0152. The van der Waals surface area contributed by atoms with Gasteiger partial charge in [-0.05, 0) is 41.9 Å². The molecule has 90 valence electrons. The maximum atomic E-state index is 9.63. The number of nitrogens with zero attached hydrogens (tertiary/aromatic N) is 1. The van der Waals surface area contributed by atoms with Gasteiger partial charge in [0.2, 0.25) is 0 Å². The molecule has 0 saturated carbocycles. The Morgan fingerprint density at radius 2 is 2.25 bits per heavy atom. The Balaban J connectivity index is 2.26. The zero-order valence-electron chi connectivity index (χ0n) is 9.39. The van der Waals surface area contributed by atoms with E-state index >= 15 is 0 Å². The first-order valence-corrected chi connectivity index (χ1v) is 6.90. The minimum atomic E-state index is -0.446. The van der Waals surface area contributed by atoms with E-state index in [9.17, 15) is 5.11 Å². The van der Waals surface area contributed by atoms with E-state index in [0.29, 0.717) is 12.4 Å². The molecule has 1 rings (SSSR count). The molecule has 0 spiro atoms. The van der Waals surface area contributed by atoms with Crippen molar-refractivity contribution in [2.75, 3.05) is 12.4 Å². The van der Waals surface area contributed by atoms with Crippen LogP contribution in [0.2, 0.25) is 0 Å². The van der Waals surface area contributed by atoms with Gasteiger partial charge in [-0.2, -0.15) is 0 Å². The molecule has 0 aliphatic heterocycles. The average molecular weight is 306 g/mol. The minimum Gasteiger partial charge on any atom is -0.390 e. The second-order valence-corrected chi connectivity index (χ2v) is 5.62. The molecule has 5 heteroatoms. The van der Waals surface area contributed by atoms with Gasteiger partial charge in [-0.25, -0.2) is 4.98 Å². The zero-order valence-corrected chi connectivity index (χ0v) is 11.8. The van der Waals surface area contributed by atoms with Gasteiger partial charge in [-0.3, -0.25) is 0 Å². The van der Waals surface area contributed by atoms with Crippen molar-refractivity contribution in [2.45, 2.75) is 31.1 Å². The highest BCUT2D eigenvalue weighted by atomic mass is 79.9. The Hall–Kier alpha value is -0.100. The van der Waals surface area contributed by atoms with Crippen LogP contribution in [-0.2, 0) is 4.74 Å². The quantitative estimate of drug-likeness (QED) is 0.821. The first-order chi connectivity index (χ1) is 7.58. The standard InChI is InChI=1S/C11H16BrNO2S/c1-8(2)15-6-10(14)7-16-11-4-3-9(12)5-13-11/h3-5,8,10,14H,6-7H2,1-2H3. The molecule has 0 bridgehead atoms. The molecule has 16 heavy (non-hydrogen) atoms.